The number of carbonyl (C=O) groups excluding carboxylic acids is 1. The third-order valence-electron chi connectivity index (χ3n) is 7.92. The molecule has 0 radical (unpaired) electrons. The van der Waals surface area contributed by atoms with Gasteiger partial charge in [-0.1, -0.05) is 43.6 Å². The van der Waals surface area contributed by atoms with Gasteiger partial charge in [0.1, 0.15) is 12.4 Å². The Labute approximate surface area is 239 Å². The normalized spacial score (nSPS) is 18.0. The molecule has 1 aromatic heterocycles. The predicted molar refractivity (Wildman–Crippen MR) is 159 cm³/mol. The summed E-state index contributed by atoms with van der Waals surface area (Å²) in [4.78, 5) is 19.5. The Hall–Kier alpha value is -2.24. The lowest BCUT2D eigenvalue weighted by atomic mass is 9.75. The van der Waals surface area contributed by atoms with E-state index in [1.54, 1.807) is 16.4 Å². The molecule has 0 aliphatic carbocycles. The first-order chi connectivity index (χ1) is 18.4. The van der Waals surface area contributed by atoms with Gasteiger partial charge in [-0.2, -0.15) is 12.8 Å². The smallest absolute Gasteiger partial charge is 0.264 e. The number of fused-ring (bicyclic) bond motifs is 2. The fraction of sp³-hybridized carbons (Fsp3) is 0.500. The molecule has 0 saturated carbocycles. The van der Waals surface area contributed by atoms with Gasteiger partial charge in [0.2, 0.25) is 0 Å². The van der Waals surface area contributed by atoms with Gasteiger partial charge in [-0.25, -0.2) is 0 Å². The zero-order valence-corrected chi connectivity index (χ0v) is 25.3. The van der Waals surface area contributed by atoms with E-state index in [2.05, 4.69) is 54.0 Å². The summed E-state index contributed by atoms with van der Waals surface area (Å²) in [5.74, 6) is 0.710. The van der Waals surface area contributed by atoms with Crippen LogP contribution in [0.3, 0.4) is 0 Å². The van der Waals surface area contributed by atoms with Gasteiger partial charge >= 0.3 is 0 Å². The van der Waals surface area contributed by atoms with Crippen molar-refractivity contribution in [3.05, 3.63) is 52.0 Å². The lowest BCUT2D eigenvalue weighted by molar-refractivity contribution is -0.120. The molecule has 1 saturated heterocycles. The van der Waals surface area contributed by atoms with Crippen molar-refractivity contribution in [2.75, 3.05) is 61.9 Å². The number of aromatic nitrogens is 1. The molecule has 3 aromatic rings. The van der Waals surface area contributed by atoms with E-state index in [0.29, 0.717) is 11.6 Å². The third-order valence-corrected chi connectivity index (χ3v) is 9.81. The lowest BCUT2D eigenvalue weighted by Crippen LogP contribution is -2.47. The highest BCUT2D eigenvalue weighted by Crippen LogP contribution is 2.45. The van der Waals surface area contributed by atoms with Crippen LogP contribution < -0.4 is 9.80 Å². The van der Waals surface area contributed by atoms with Crippen LogP contribution in [0.15, 0.2) is 30.3 Å². The van der Waals surface area contributed by atoms with E-state index in [1.165, 1.54) is 10.1 Å². The van der Waals surface area contributed by atoms with Gasteiger partial charge in [0.25, 0.3) is 16.0 Å². The number of rotatable bonds is 7. The molecule has 2 aliphatic heterocycles. The Bertz CT molecular complexity index is 1500. The van der Waals surface area contributed by atoms with E-state index >= 15 is 0 Å². The fourth-order valence-electron chi connectivity index (χ4n) is 5.58. The standard InChI is InChI=1S/C28H35ClN4O4S2/c1-19-25(29)20(17-22-26(19)33(12-10-28(22,2)3)24(34)18-37-39(4,35)36)9-11-31-13-15-32(16-14-31)27-21-7-5-6-8-23(21)38-30-27/h5-8,17H,9-16,18H2,1-4H3. The Morgan fingerprint density at radius 3 is 2.59 bits per heavy atom. The van der Waals surface area contributed by atoms with Crippen LogP contribution in [0.2, 0.25) is 5.02 Å². The maximum absolute atomic E-state index is 13.0. The van der Waals surface area contributed by atoms with E-state index in [-0.39, 0.29) is 11.3 Å². The Morgan fingerprint density at radius 1 is 1.15 bits per heavy atom. The second-order valence-corrected chi connectivity index (χ2v) is 13.9. The van der Waals surface area contributed by atoms with E-state index in [0.717, 1.165) is 80.0 Å². The zero-order valence-electron chi connectivity index (χ0n) is 22.9. The minimum atomic E-state index is -3.71. The Morgan fingerprint density at radius 2 is 1.87 bits per heavy atom. The largest absolute Gasteiger partial charge is 0.353 e. The molecule has 0 atom stereocenters. The fourth-order valence-corrected chi connectivity index (χ4v) is 6.93. The molecule has 2 aliphatic rings. The van der Waals surface area contributed by atoms with Gasteiger partial charge in [-0.15, -0.1) is 0 Å². The molecule has 1 fully saturated rings. The quantitative estimate of drug-likeness (QED) is 0.372. The van der Waals surface area contributed by atoms with E-state index < -0.39 is 16.7 Å². The van der Waals surface area contributed by atoms with Gasteiger partial charge in [0.15, 0.2) is 0 Å². The molecule has 0 spiro atoms. The first-order valence-corrected chi connectivity index (χ1v) is 16.2. The number of carbonyl (C=O) groups is 1. The average molecular weight is 591 g/mol. The van der Waals surface area contributed by atoms with Gasteiger partial charge in [0, 0.05) is 49.7 Å². The minimum Gasteiger partial charge on any atom is -0.353 e. The summed E-state index contributed by atoms with van der Waals surface area (Å²) in [5, 5.41) is 1.89. The summed E-state index contributed by atoms with van der Waals surface area (Å²) in [6, 6.07) is 10.5. The summed E-state index contributed by atoms with van der Waals surface area (Å²) < 4.78 is 33.6. The van der Waals surface area contributed by atoms with Crippen molar-refractivity contribution >= 4 is 60.8 Å². The highest BCUT2D eigenvalue weighted by molar-refractivity contribution is 7.86. The van der Waals surface area contributed by atoms with Crippen LogP contribution >= 0.6 is 23.1 Å². The van der Waals surface area contributed by atoms with Gasteiger partial charge in [-0.3, -0.25) is 13.9 Å². The topological polar surface area (TPSA) is 83.0 Å². The number of anilines is 2. The van der Waals surface area contributed by atoms with Gasteiger partial charge < -0.3 is 9.80 Å². The molecule has 39 heavy (non-hydrogen) atoms. The second kappa shape index (κ2) is 11.0. The van der Waals surface area contributed by atoms with Crippen molar-refractivity contribution in [3.8, 4) is 0 Å². The molecule has 0 bridgehead atoms. The van der Waals surface area contributed by atoms with E-state index in [4.69, 9.17) is 20.2 Å². The molecule has 3 heterocycles. The molecular weight excluding hydrogens is 556 g/mol. The van der Waals surface area contributed by atoms with Crippen LogP contribution in [-0.2, 0) is 30.9 Å². The Balaban J connectivity index is 1.29. The molecule has 8 nitrogen and oxygen atoms in total. The monoisotopic (exact) mass is 590 g/mol. The summed E-state index contributed by atoms with van der Waals surface area (Å²) in [6.07, 6.45) is 2.52. The maximum atomic E-state index is 13.0. The van der Waals surface area contributed by atoms with Crippen LogP contribution in [0.25, 0.3) is 10.1 Å². The number of piperazine rings is 1. The summed E-state index contributed by atoms with van der Waals surface area (Å²) in [7, 11) is -3.71. The van der Waals surface area contributed by atoms with Crippen molar-refractivity contribution < 1.29 is 17.4 Å². The van der Waals surface area contributed by atoms with Crippen molar-refractivity contribution in [2.45, 2.75) is 39.0 Å². The average Bonchev–Trinajstić information content (AvgIpc) is 3.33. The van der Waals surface area contributed by atoms with E-state index in [1.807, 2.05) is 6.92 Å². The van der Waals surface area contributed by atoms with Crippen molar-refractivity contribution in [1.82, 2.24) is 9.27 Å². The summed E-state index contributed by atoms with van der Waals surface area (Å²) >= 11 is 8.47. The number of hydrogen-bond acceptors (Lipinski definition) is 8. The number of hydrogen-bond donors (Lipinski definition) is 0. The highest BCUT2D eigenvalue weighted by atomic mass is 35.5. The molecule has 5 rings (SSSR count). The first kappa shape index (κ1) is 28.3. The number of halogens is 1. The highest BCUT2D eigenvalue weighted by Gasteiger charge is 2.36. The van der Waals surface area contributed by atoms with Gasteiger partial charge in [-0.05, 0) is 65.5 Å². The van der Waals surface area contributed by atoms with Crippen molar-refractivity contribution in [3.63, 3.8) is 0 Å². The predicted octanol–water partition coefficient (Wildman–Crippen LogP) is 4.61. The molecule has 2 aromatic carbocycles. The second-order valence-electron chi connectivity index (χ2n) is 11.1. The summed E-state index contributed by atoms with van der Waals surface area (Å²) in [6.45, 7) is 11.0. The molecule has 1 amide bonds. The van der Waals surface area contributed by atoms with Crippen LogP contribution in [0.5, 0.6) is 0 Å². The first-order valence-electron chi connectivity index (χ1n) is 13.2. The van der Waals surface area contributed by atoms with Crippen LogP contribution in [0.1, 0.15) is 37.0 Å². The summed E-state index contributed by atoms with van der Waals surface area (Å²) in [5.41, 5.74) is 3.64. The van der Waals surface area contributed by atoms with Crippen LogP contribution in [0, 0.1) is 6.92 Å². The number of benzene rings is 2. The van der Waals surface area contributed by atoms with Crippen LogP contribution in [-0.4, -0.2) is 75.7 Å². The molecular formula is C28H35ClN4O4S2. The molecule has 210 valence electrons. The van der Waals surface area contributed by atoms with Crippen molar-refractivity contribution in [1.29, 1.82) is 0 Å². The maximum Gasteiger partial charge on any atom is 0.264 e. The van der Waals surface area contributed by atoms with E-state index in [9.17, 15) is 13.2 Å². The zero-order chi connectivity index (χ0) is 27.9. The third kappa shape index (κ3) is 5.95. The van der Waals surface area contributed by atoms with Gasteiger partial charge in [0.05, 0.1) is 16.6 Å². The molecule has 0 N–H and O–H groups in total. The minimum absolute atomic E-state index is 0.143. The lowest BCUT2D eigenvalue weighted by Gasteiger charge is -2.41. The van der Waals surface area contributed by atoms with Crippen molar-refractivity contribution in [2.24, 2.45) is 0 Å². The number of nitrogens with zero attached hydrogens (tertiary/aromatic N) is 4. The van der Waals surface area contributed by atoms with Crippen LogP contribution in [0.4, 0.5) is 11.5 Å². The number of amides is 1. The molecule has 11 heteroatoms. The Kier molecular flexibility index (Phi) is 7.96. The SMILES string of the molecule is Cc1c(Cl)c(CCN2CCN(c3nsc4ccccc34)CC2)cc2c1N(C(=O)COS(C)(=O)=O)CCC2(C)C. The molecule has 0 unspecified atom stereocenters.